The third-order valence-corrected chi connectivity index (χ3v) is 6.23. The number of para-hydroxylation sites is 1. The van der Waals surface area contributed by atoms with Gasteiger partial charge in [0.25, 0.3) is 5.91 Å². The minimum Gasteiger partial charge on any atom is -0.489 e. The quantitative estimate of drug-likeness (QED) is 0.177. The predicted molar refractivity (Wildman–Crippen MR) is 141 cm³/mol. The lowest BCUT2D eigenvalue weighted by Gasteiger charge is -2.33. The molecular formula is C29H39N2O5+. The van der Waals surface area contributed by atoms with Crippen LogP contribution in [-0.4, -0.2) is 81.2 Å². The molecule has 0 aromatic heterocycles. The summed E-state index contributed by atoms with van der Waals surface area (Å²) in [5.74, 6) is 2.23. The van der Waals surface area contributed by atoms with Crippen molar-refractivity contribution in [2.24, 2.45) is 0 Å². The van der Waals surface area contributed by atoms with Crippen LogP contribution in [0.25, 0.3) is 0 Å². The standard InChI is InChI=1S/C29H39N2O5/c1-5-9-24-10-7-11-27(36-25-14-12-23(13-15-25)26(32)6-2)29(24)35-19-8-18-31(3,4)22-28(33)30-16-20-34-21-17-30/h5,7,10-15H,1,6,8-9,16-22H2,2-4H3/q+1. The summed E-state index contributed by atoms with van der Waals surface area (Å²) in [5, 5.41) is 0. The highest BCUT2D eigenvalue weighted by molar-refractivity contribution is 5.95. The van der Waals surface area contributed by atoms with Crippen molar-refractivity contribution in [2.45, 2.75) is 26.2 Å². The second kappa shape index (κ2) is 13.2. The Labute approximate surface area is 214 Å². The lowest BCUT2D eigenvalue weighted by Crippen LogP contribution is -2.51. The topological polar surface area (TPSA) is 65.1 Å². The highest BCUT2D eigenvalue weighted by atomic mass is 16.5. The fourth-order valence-corrected chi connectivity index (χ4v) is 4.19. The van der Waals surface area contributed by atoms with Gasteiger partial charge in [-0.05, 0) is 36.8 Å². The maximum Gasteiger partial charge on any atom is 0.277 e. The van der Waals surface area contributed by atoms with E-state index in [0.717, 1.165) is 18.5 Å². The van der Waals surface area contributed by atoms with Crippen LogP contribution >= 0.6 is 0 Å². The summed E-state index contributed by atoms with van der Waals surface area (Å²) in [6.07, 6.45) is 3.76. The van der Waals surface area contributed by atoms with Crippen molar-refractivity contribution >= 4 is 11.7 Å². The van der Waals surface area contributed by atoms with E-state index in [4.69, 9.17) is 14.2 Å². The molecule has 1 amide bonds. The summed E-state index contributed by atoms with van der Waals surface area (Å²) in [4.78, 5) is 26.5. The van der Waals surface area contributed by atoms with Gasteiger partial charge in [-0.2, -0.15) is 0 Å². The average Bonchev–Trinajstić information content (AvgIpc) is 2.88. The molecule has 0 unspecified atom stereocenters. The lowest BCUT2D eigenvalue weighted by molar-refractivity contribution is -0.882. The van der Waals surface area contributed by atoms with Crippen molar-refractivity contribution < 1.29 is 28.3 Å². The maximum absolute atomic E-state index is 12.7. The zero-order valence-corrected chi connectivity index (χ0v) is 21.8. The number of morpholine rings is 1. The van der Waals surface area contributed by atoms with Gasteiger partial charge in [0.05, 0.1) is 40.5 Å². The van der Waals surface area contributed by atoms with Crippen molar-refractivity contribution in [1.82, 2.24) is 4.90 Å². The summed E-state index contributed by atoms with van der Waals surface area (Å²) in [7, 11) is 4.15. The minimum absolute atomic E-state index is 0.103. The number of hydrogen-bond acceptors (Lipinski definition) is 5. The van der Waals surface area contributed by atoms with Crippen LogP contribution < -0.4 is 9.47 Å². The molecule has 0 atom stereocenters. The summed E-state index contributed by atoms with van der Waals surface area (Å²) in [6, 6.07) is 13.0. The van der Waals surface area contributed by atoms with Crippen LogP contribution in [0.1, 0.15) is 35.7 Å². The van der Waals surface area contributed by atoms with Crippen LogP contribution in [0.15, 0.2) is 55.1 Å². The van der Waals surface area contributed by atoms with Gasteiger partial charge in [-0.25, -0.2) is 0 Å². The molecule has 1 saturated heterocycles. The van der Waals surface area contributed by atoms with E-state index in [1.54, 1.807) is 24.3 Å². The highest BCUT2D eigenvalue weighted by Crippen LogP contribution is 2.35. The van der Waals surface area contributed by atoms with Gasteiger partial charge in [-0.15, -0.1) is 6.58 Å². The van der Waals surface area contributed by atoms with Gasteiger partial charge in [0.2, 0.25) is 0 Å². The molecule has 7 heteroatoms. The van der Waals surface area contributed by atoms with Crippen LogP contribution in [0.4, 0.5) is 0 Å². The molecular weight excluding hydrogens is 456 g/mol. The molecule has 2 aromatic rings. The number of hydrogen-bond donors (Lipinski definition) is 0. The molecule has 1 fully saturated rings. The minimum atomic E-state index is 0.103. The number of ketones is 1. The van der Waals surface area contributed by atoms with Crippen molar-refractivity contribution in [2.75, 3.05) is 60.1 Å². The molecule has 194 valence electrons. The van der Waals surface area contributed by atoms with Crippen molar-refractivity contribution in [1.29, 1.82) is 0 Å². The number of amides is 1. The zero-order valence-electron chi connectivity index (χ0n) is 21.8. The molecule has 1 heterocycles. The predicted octanol–water partition coefficient (Wildman–Crippen LogP) is 4.50. The molecule has 0 bridgehead atoms. The number of ether oxygens (including phenoxy) is 3. The van der Waals surface area contributed by atoms with E-state index in [1.807, 2.05) is 36.1 Å². The Balaban J connectivity index is 1.60. The first kappa shape index (κ1) is 27.4. The monoisotopic (exact) mass is 495 g/mol. The molecule has 7 nitrogen and oxygen atoms in total. The Bertz CT molecular complexity index is 1030. The summed E-state index contributed by atoms with van der Waals surface area (Å²) < 4.78 is 18.3. The number of benzene rings is 2. The zero-order chi connectivity index (χ0) is 26.0. The Morgan fingerprint density at radius 1 is 1.11 bits per heavy atom. The summed E-state index contributed by atoms with van der Waals surface area (Å²) >= 11 is 0. The number of carbonyl (C=O) groups is 2. The van der Waals surface area contributed by atoms with Crippen LogP contribution in [0.2, 0.25) is 0 Å². The van der Waals surface area contributed by atoms with E-state index in [9.17, 15) is 9.59 Å². The first-order valence-electron chi connectivity index (χ1n) is 12.7. The van der Waals surface area contributed by atoms with Crippen LogP contribution in [0, 0.1) is 0 Å². The van der Waals surface area contributed by atoms with E-state index < -0.39 is 0 Å². The van der Waals surface area contributed by atoms with Gasteiger partial charge < -0.3 is 23.6 Å². The van der Waals surface area contributed by atoms with Gasteiger partial charge in [0, 0.05) is 37.1 Å². The van der Waals surface area contributed by atoms with Gasteiger partial charge in [-0.3, -0.25) is 9.59 Å². The van der Waals surface area contributed by atoms with Gasteiger partial charge >= 0.3 is 0 Å². The molecule has 0 saturated carbocycles. The van der Waals surface area contributed by atoms with Crippen molar-refractivity contribution in [3.05, 3.63) is 66.2 Å². The van der Waals surface area contributed by atoms with E-state index in [-0.39, 0.29) is 11.7 Å². The summed E-state index contributed by atoms with van der Waals surface area (Å²) in [6.45, 7) is 10.0. The number of carbonyl (C=O) groups excluding carboxylic acids is 2. The number of quaternary nitrogens is 1. The normalized spacial score (nSPS) is 13.8. The van der Waals surface area contributed by atoms with Crippen LogP contribution in [0.5, 0.6) is 17.2 Å². The smallest absolute Gasteiger partial charge is 0.277 e. The van der Waals surface area contributed by atoms with Crippen LogP contribution in [-0.2, 0) is 16.0 Å². The number of nitrogens with zero attached hydrogens (tertiary/aromatic N) is 2. The molecule has 0 N–H and O–H groups in total. The summed E-state index contributed by atoms with van der Waals surface area (Å²) in [5.41, 5.74) is 1.67. The second-order valence-electron chi connectivity index (χ2n) is 9.65. The Kier molecular flexibility index (Phi) is 10.1. The first-order chi connectivity index (χ1) is 17.3. The fraction of sp³-hybridized carbons (Fsp3) is 0.448. The number of rotatable bonds is 13. The van der Waals surface area contributed by atoms with E-state index >= 15 is 0 Å². The molecule has 1 aliphatic heterocycles. The average molecular weight is 496 g/mol. The van der Waals surface area contributed by atoms with Gasteiger partial charge in [0.15, 0.2) is 23.8 Å². The van der Waals surface area contributed by atoms with Crippen molar-refractivity contribution in [3.63, 3.8) is 0 Å². The largest absolute Gasteiger partial charge is 0.489 e. The lowest BCUT2D eigenvalue weighted by atomic mass is 10.1. The van der Waals surface area contributed by atoms with Crippen molar-refractivity contribution in [3.8, 4) is 17.2 Å². The third kappa shape index (κ3) is 7.93. The van der Waals surface area contributed by atoms with Crippen LogP contribution in [0.3, 0.4) is 0 Å². The van der Waals surface area contributed by atoms with Gasteiger partial charge in [0.1, 0.15) is 5.75 Å². The Hall–Kier alpha value is -3.16. The molecule has 1 aliphatic rings. The van der Waals surface area contributed by atoms with Gasteiger partial charge in [-0.1, -0.05) is 25.1 Å². The molecule has 36 heavy (non-hydrogen) atoms. The highest BCUT2D eigenvalue weighted by Gasteiger charge is 2.25. The number of Topliss-reactive ketones (excluding diaryl/α,β-unsaturated/α-hetero) is 1. The molecule has 2 aromatic carbocycles. The Morgan fingerprint density at radius 2 is 1.83 bits per heavy atom. The fourth-order valence-electron chi connectivity index (χ4n) is 4.19. The molecule has 0 aliphatic carbocycles. The molecule has 0 spiro atoms. The Morgan fingerprint density at radius 3 is 2.50 bits per heavy atom. The number of allylic oxidation sites excluding steroid dienone is 1. The SMILES string of the molecule is C=CCc1cccc(Oc2ccc(C(=O)CC)cc2)c1OCCC[N+](C)(C)CC(=O)N1CCOCC1. The van der Waals surface area contributed by atoms with E-state index in [2.05, 4.69) is 20.7 Å². The maximum atomic E-state index is 12.7. The second-order valence-corrected chi connectivity index (χ2v) is 9.65. The third-order valence-electron chi connectivity index (χ3n) is 6.23. The van der Waals surface area contributed by atoms with E-state index in [1.165, 1.54) is 0 Å². The van der Waals surface area contributed by atoms with E-state index in [0.29, 0.717) is 79.6 Å². The number of likely N-dealkylation sites (N-methyl/N-ethyl adjacent to an activating group) is 1. The first-order valence-corrected chi connectivity index (χ1v) is 12.7. The molecule has 0 radical (unpaired) electrons. The molecule has 3 rings (SSSR count).